The molecule has 7 heteroatoms. The Kier molecular flexibility index (Phi) is 6.49. The van der Waals surface area contributed by atoms with Crippen LogP contribution in [0.5, 0.6) is 11.5 Å². The molecule has 0 aliphatic carbocycles. The molecule has 0 atom stereocenters. The van der Waals surface area contributed by atoms with Crippen molar-refractivity contribution >= 4 is 23.2 Å². The van der Waals surface area contributed by atoms with E-state index >= 15 is 0 Å². The van der Waals surface area contributed by atoms with E-state index < -0.39 is 0 Å². The van der Waals surface area contributed by atoms with Crippen molar-refractivity contribution in [1.29, 1.82) is 0 Å². The molecule has 2 aromatic rings. The second kappa shape index (κ2) is 9.23. The second-order valence-electron chi connectivity index (χ2n) is 6.44. The lowest BCUT2D eigenvalue weighted by Gasteiger charge is -2.29. The Bertz CT molecular complexity index is 835. The molecule has 2 amide bonds. The molecule has 0 saturated heterocycles. The third kappa shape index (κ3) is 4.80. The summed E-state index contributed by atoms with van der Waals surface area (Å²) in [7, 11) is 3.09. The number of anilines is 2. The van der Waals surface area contributed by atoms with Crippen molar-refractivity contribution in [2.24, 2.45) is 0 Å². The number of methoxy groups -OCH3 is 2. The van der Waals surface area contributed by atoms with Gasteiger partial charge in [0, 0.05) is 25.0 Å². The van der Waals surface area contributed by atoms with Gasteiger partial charge in [-0.2, -0.15) is 0 Å². The SMILES string of the molecule is COCC(=O)N1CCCc2ccc(NC(=O)COc3ccc(OC)cc3)cc21. The largest absolute Gasteiger partial charge is 0.497 e. The van der Waals surface area contributed by atoms with Crippen LogP contribution in [0.1, 0.15) is 12.0 Å². The van der Waals surface area contributed by atoms with E-state index in [4.69, 9.17) is 14.2 Å². The summed E-state index contributed by atoms with van der Waals surface area (Å²) in [5, 5.41) is 2.82. The van der Waals surface area contributed by atoms with Crippen LogP contribution in [0.2, 0.25) is 0 Å². The first-order valence-corrected chi connectivity index (χ1v) is 9.09. The molecule has 0 aromatic heterocycles. The molecule has 28 heavy (non-hydrogen) atoms. The van der Waals surface area contributed by atoms with E-state index in [1.54, 1.807) is 36.3 Å². The summed E-state index contributed by atoms with van der Waals surface area (Å²) in [5.74, 6) is 0.937. The van der Waals surface area contributed by atoms with Crippen LogP contribution in [0.25, 0.3) is 0 Å². The average molecular weight is 384 g/mol. The molecule has 0 bridgehead atoms. The average Bonchev–Trinajstić information content (AvgIpc) is 2.72. The van der Waals surface area contributed by atoms with Crippen molar-refractivity contribution < 1.29 is 23.8 Å². The highest BCUT2D eigenvalue weighted by molar-refractivity contribution is 5.97. The summed E-state index contributed by atoms with van der Waals surface area (Å²) in [6.45, 7) is 0.564. The summed E-state index contributed by atoms with van der Waals surface area (Å²) < 4.78 is 15.6. The molecule has 1 aliphatic heterocycles. The van der Waals surface area contributed by atoms with E-state index in [2.05, 4.69) is 5.32 Å². The Hall–Kier alpha value is -3.06. The number of nitrogens with one attached hydrogen (secondary N) is 1. The van der Waals surface area contributed by atoms with Crippen LogP contribution < -0.4 is 19.7 Å². The Morgan fingerprint density at radius 2 is 1.79 bits per heavy atom. The molecule has 1 aliphatic rings. The lowest BCUT2D eigenvalue weighted by molar-refractivity contribution is -0.122. The molecule has 7 nitrogen and oxygen atoms in total. The number of fused-ring (bicyclic) bond motifs is 1. The van der Waals surface area contributed by atoms with Gasteiger partial charge in [0.05, 0.1) is 7.11 Å². The fourth-order valence-corrected chi connectivity index (χ4v) is 3.13. The lowest BCUT2D eigenvalue weighted by Crippen LogP contribution is -2.37. The minimum absolute atomic E-state index is 0.0335. The second-order valence-corrected chi connectivity index (χ2v) is 6.44. The monoisotopic (exact) mass is 384 g/mol. The maximum absolute atomic E-state index is 12.3. The number of benzene rings is 2. The van der Waals surface area contributed by atoms with Crippen molar-refractivity contribution in [2.75, 3.05) is 44.2 Å². The van der Waals surface area contributed by atoms with Gasteiger partial charge in [-0.3, -0.25) is 9.59 Å². The zero-order valence-corrected chi connectivity index (χ0v) is 16.1. The van der Waals surface area contributed by atoms with Gasteiger partial charge in [-0.1, -0.05) is 6.07 Å². The molecule has 0 fully saturated rings. The van der Waals surface area contributed by atoms with Gasteiger partial charge in [-0.25, -0.2) is 0 Å². The summed E-state index contributed by atoms with van der Waals surface area (Å²) in [6, 6.07) is 12.6. The van der Waals surface area contributed by atoms with Gasteiger partial charge in [0.25, 0.3) is 11.8 Å². The van der Waals surface area contributed by atoms with Gasteiger partial charge in [0.2, 0.25) is 0 Å². The van der Waals surface area contributed by atoms with E-state index in [0.717, 1.165) is 29.8 Å². The number of carbonyl (C=O) groups is 2. The van der Waals surface area contributed by atoms with Crippen molar-refractivity contribution in [3.05, 3.63) is 48.0 Å². The number of rotatable bonds is 7. The third-order valence-electron chi connectivity index (χ3n) is 4.49. The summed E-state index contributed by atoms with van der Waals surface area (Å²) >= 11 is 0. The molecule has 0 radical (unpaired) electrons. The number of ether oxygens (including phenoxy) is 3. The smallest absolute Gasteiger partial charge is 0.262 e. The standard InChI is InChI=1S/C21H24N2O5/c1-26-14-21(25)23-11-3-4-15-5-6-16(12-19(15)23)22-20(24)13-28-18-9-7-17(27-2)8-10-18/h5-10,12H,3-4,11,13-14H2,1-2H3,(H,22,24). The maximum Gasteiger partial charge on any atom is 0.262 e. The molecule has 0 unspecified atom stereocenters. The van der Waals surface area contributed by atoms with Gasteiger partial charge in [0.15, 0.2) is 6.61 Å². The number of aryl methyl sites for hydroxylation is 1. The highest BCUT2D eigenvalue weighted by atomic mass is 16.5. The summed E-state index contributed by atoms with van der Waals surface area (Å²) in [6.07, 6.45) is 1.81. The molecule has 0 saturated carbocycles. The minimum Gasteiger partial charge on any atom is -0.497 e. The zero-order valence-electron chi connectivity index (χ0n) is 16.1. The van der Waals surface area contributed by atoms with Crippen molar-refractivity contribution in [3.8, 4) is 11.5 Å². The molecular formula is C21H24N2O5. The van der Waals surface area contributed by atoms with Crippen LogP contribution in [0, 0.1) is 0 Å². The highest BCUT2D eigenvalue weighted by Crippen LogP contribution is 2.30. The topological polar surface area (TPSA) is 77.1 Å². The Morgan fingerprint density at radius 1 is 1.04 bits per heavy atom. The van der Waals surface area contributed by atoms with Crippen LogP contribution >= 0.6 is 0 Å². The van der Waals surface area contributed by atoms with E-state index in [9.17, 15) is 9.59 Å². The van der Waals surface area contributed by atoms with Gasteiger partial charge >= 0.3 is 0 Å². The summed E-state index contributed by atoms with van der Waals surface area (Å²) in [5.41, 5.74) is 2.53. The quantitative estimate of drug-likeness (QED) is 0.794. The van der Waals surface area contributed by atoms with Gasteiger partial charge in [-0.05, 0) is 54.8 Å². The van der Waals surface area contributed by atoms with Gasteiger partial charge in [-0.15, -0.1) is 0 Å². The number of nitrogens with zero attached hydrogens (tertiary/aromatic N) is 1. The van der Waals surface area contributed by atoms with Crippen LogP contribution in [0.15, 0.2) is 42.5 Å². The maximum atomic E-state index is 12.3. The lowest BCUT2D eigenvalue weighted by atomic mass is 10.0. The summed E-state index contributed by atoms with van der Waals surface area (Å²) in [4.78, 5) is 26.2. The van der Waals surface area contributed by atoms with Crippen LogP contribution in [0.3, 0.4) is 0 Å². The van der Waals surface area contributed by atoms with Crippen LogP contribution in [-0.2, 0) is 20.7 Å². The molecule has 0 spiro atoms. The fraction of sp³-hybridized carbons (Fsp3) is 0.333. The number of carbonyl (C=O) groups excluding carboxylic acids is 2. The number of amides is 2. The number of hydrogen-bond acceptors (Lipinski definition) is 5. The molecule has 2 aromatic carbocycles. The first kappa shape index (κ1) is 19.7. The van der Waals surface area contributed by atoms with E-state index in [1.807, 2.05) is 18.2 Å². The normalized spacial score (nSPS) is 12.9. The first-order chi connectivity index (χ1) is 13.6. The van der Waals surface area contributed by atoms with Crippen molar-refractivity contribution in [2.45, 2.75) is 12.8 Å². The Labute approximate surface area is 164 Å². The molecule has 148 valence electrons. The van der Waals surface area contributed by atoms with E-state index in [1.165, 1.54) is 7.11 Å². The molecule has 1 heterocycles. The Morgan fingerprint density at radius 3 is 2.50 bits per heavy atom. The zero-order chi connectivity index (χ0) is 19.9. The predicted molar refractivity (Wildman–Crippen MR) is 106 cm³/mol. The molecular weight excluding hydrogens is 360 g/mol. The van der Waals surface area contributed by atoms with Crippen LogP contribution in [-0.4, -0.2) is 45.8 Å². The van der Waals surface area contributed by atoms with E-state index in [-0.39, 0.29) is 25.0 Å². The third-order valence-corrected chi connectivity index (χ3v) is 4.49. The van der Waals surface area contributed by atoms with E-state index in [0.29, 0.717) is 18.0 Å². The molecule has 1 N–H and O–H groups in total. The van der Waals surface area contributed by atoms with Crippen molar-refractivity contribution in [3.63, 3.8) is 0 Å². The molecule has 3 rings (SSSR count). The minimum atomic E-state index is -0.277. The van der Waals surface area contributed by atoms with Crippen molar-refractivity contribution in [1.82, 2.24) is 0 Å². The highest BCUT2D eigenvalue weighted by Gasteiger charge is 2.22. The van der Waals surface area contributed by atoms with Gasteiger partial charge < -0.3 is 24.4 Å². The predicted octanol–water partition coefficient (Wildman–Crippen LogP) is 2.64. The van der Waals surface area contributed by atoms with Crippen LogP contribution in [0.4, 0.5) is 11.4 Å². The first-order valence-electron chi connectivity index (χ1n) is 9.09. The Balaban J connectivity index is 1.63. The fourth-order valence-electron chi connectivity index (χ4n) is 3.13. The number of hydrogen-bond donors (Lipinski definition) is 1. The van der Waals surface area contributed by atoms with Gasteiger partial charge in [0.1, 0.15) is 18.1 Å².